The van der Waals surface area contributed by atoms with E-state index in [1.807, 2.05) is 6.07 Å². The van der Waals surface area contributed by atoms with Crippen molar-refractivity contribution >= 4 is 17.6 Å². The SMILES string of the molecule is COc1ccc(CNC(=O)[C@H](C)OC(=O)c2cccc(C)c2N)cc1OC. The number of methoxy groups -OCH3 is 2. The number of carbonyl (C=O) groups excluding carboxylic acids is 2. The highest BCUT2D eigenvalue weighted by molar-refractivity contribution is 5.97. The molecule has 144 valence electrons. The number of nitrogen functional groups attached to an aromatic ring is 1. The van der Waals surface area contributed by atoms with Gasteiger partial charge in [0.2, 0.25) is 0 Å². The fraction of sp³-hybridized carbons (Fsp3) is 0.300. The minimum Gasteiger partial charge on any atom is -0.493 e. The third kappa shape index (κ3) is 4.91. The van der Waals surface area contributed by atoms with Crippen LogP contribution in [-0.4, -0.2) is 32.2 Å². The van der Waals surface area contributed by atoms with Gasteiger partial charge in [-0.2, -0.15) is 0 Å². The van der Waals surface area contributed by atoms with Crippen molar-refractivity contribution in [3.63, 3.8) is 0 Å². The predicted octanol–water partition coefficient (Wildman–Crippen LogP) is 2.46. The van der Waals surface area contributed by atoms with E-state index in [1.54, 1.807) is 51.5 Å². The molecule has 0 unspecified atom stereocenters. The Balaban J connectivity index is 1.96. The van der Waals surface area contributed by atoms with Gasteiger partial charge in [-0.05, 0) is 43.2 Å². The number of anilines is 1. The molecule has 1 atom stereocenters. The first-order valence-electron chi connectivity index (χ1n) is 8.42. The first kappa shape index (κ1) is 20.1. The highest BCUT2D eigenvalue weighted by Gasteiger charge is 2.20. The number of para-hydroxylation sites is 1. The molecule has 2 aromatic rings. The van der Waals surface area contributed by atoms with Crippen LogP contribution in [0.25, 0.3) is 0 Å². The van der Waals surface area contributed by atoms with E-state index in [1.165, 1.54) is 6.92 Å². The van der Waals surface area contributed by atoms with Gasteiger partial charge in [-0.25, -0.2) is 4.79 Å². The summed E-state index contributed by atoms with van der Waals surface area (Å²) in [7, 11) is 3.09. The summed E-state index contributed by atoms with van der Waals surface area (Å²) in [5.41, 5.74) is 8.08. The van der Waals surface area contributed by atoms with Gasteiger partial charge in [0.25, 0.3) is 5.91 Å². The Morgan fingerprint density at radius 2 is 1.81 bits per heavy atom. The molecule has 0 aliphatic heterocycles. The first-order valence-corrected chi connectivity index (χ1v) is 8.42. The summed E-state index contributed by atoms with van der Waals surface area (Å²) < 4.78 is 15.6. The summed E-state index contributed by atoms with van der Waals surface area (Å²) in [6, 6.07) is 10.4. The highest BCUT2D eigenvalue weighted by atomic mass is 16.5. The van der Waals surface area contributed by atoms with Crippen LogP contribution in [0.3, 0.4) is 0 Å². The number of amides is 1. The van der Waals surface area contributed by atoms with Gasteiger partial charge in [-0.3, -0.25) is 4.79 Å². The molecule has 0 aliphatic rings. The van der Waals surface area contributed by atoms with Crippen molar-refractivity contribution in [1.82, 2.24) is 5.32 Å². The number of benzene rings is 2. The van der Waals surface area contributed by atoms with E-state index < -0.39 is 18.0 Å². The van der Waals surface area contributed by atoms with Crippen LogP contribution in [-0.2, 0) is 16.1 Å². The maximum absolute atomic E-state index is 12.2. The summed E-state index contributed by atoms with van der Waals surface area (Å²) in [6.07, 6.45) is -0.961. The van der Waals surface area contributed by atoms with Crippen molar-refractivity contribution in [1.29, 1.82) is 0 Å². The fourth-order valence-corrected chi connectivity index (χ4v) is 2.46. The Hall–Kier alpha value is -3.22. The maximum atomic E-state index is 12.2. The largest absolute Gasteiger partial charge is 0.493 e. The van der Waals surface area contributed by atoms with Crippen molar-refractivity contribution in [2.45, 2.75) is 26.5 Å². The Morgan fingerprint density at radius 3 is 2.48 bits per heavy atom. The lowest BCUT2D eigenvalue weighted by molar-refractivity contribution is -0.129. The van der Waals surface area contributed by atoms with E-state index in [0.29, 0.717) is 17.2 Å². The molecule has 0 saturated carbocycles. The number of rotatable bonds is 7. The Bertz CT molecular complexity index is 835. The molecule has 3 N–H and O–H groups in total. The van der Waals surface area contributed by atoms with Crippen LogP contribution in [0.4, 0.5) is 5.69 Å². The van der Waals surface area contributed by atoms with Gasteiger partial charge in [-0.1, -0.05) is 18.2 Å². The summed E-state index contributed by atoms with van der Waals surface area (Å²) in [5, 5.41) is 2.73. The molecule has 7 heteroatoms. The molecule has 0 heterocycles. The maximum Gasteiger partial charge on any atom is 0.341 e. The van der Waals surface area contributed by atoms with Crippen molar-refractivity contribution in [3.05, 3.63) is 53.1 Å². The first-order chi connectivity index (χ1) is 12.9. The number of hydrogen-bond donors (Lipinski definition) is 2. The quantitative estimate of drug-likeness (QED) is 0.572. The van der Waals surface area contributed by atoms with E-state index in [2.05, 4.69) is 5.32 Å². The van der Waals surface area contributed by atoms with Crippen LogP contribution in [0.5, 0.6) is 11.5 Å². The second kappa shape index (κ2) is 8.93. The Labute approximate surface area is 158 Å². The van der Waals surface area contributed by atoms with Crippen molar-refractivity contribution < 1.29 is 23.8 Å². The van der Waals surface area contributed by atoms with Gasteiger partial charge in [0, 0.05) is 12.2 Å². The van der Waals surface area contributed by atoms with E-state index in [4.69, 9.17) is 19.9 Å². The van der Waals surface area contributed by atoms with Crippen LogP contribution in [0.1, 0.15) is 28.4 Å². The number of nitrogens with one attached hydrogen (secondary N) is 1. The van der Waals surface area contributed by atoms with Crippen LogP contribution >= 0.6 is 0 Å². The molecule has 0 aromatic heterocycles. The smallest absolute Gasteiger partial charge is 0.341 e. The molecule has 2 rings (SSSR count). The lowest BCUT2D eigenvalue weighted by Gasteiger charge is -2.15. The molecule has 2 aromatic carbocycles. The second-order valence-corrected chi connectivity index (χ2v) is 5.99. The van der Waals surface area contributed by atoms with Gasteiger partial charge >= 0.3 is 5.97 Å². The Morgan fingerprint density at radius 1 is 1.11 bits per heavy atom. The third-order valence-electron chi connectivity index (χ3n) is 4.11. The van der Waals surface area contributed by atoms with Gasteiger partial charge in [-0.15, -0.1) is 0 Å². The summed E-state index contributed by atoms with van der Waals surface area (Å²) in [4.78, 5) is 24.5. The molecule has 0 aliphatic carbocycles. The normalized spacial score (nSPS) is 11.4. The standard InChI is InChI=1S/C20H24N2O5/c1-12-6-5-7-15(18(12)21)20(24)27-13(2)19(23)22-11-14-8-9-16(25-3)17(10-14)26-4/h5-10,13H,11,21H2,1-4H3,(H,22,23)/t13-/m0/s1. The van der Waals surface area contributed by atoms with Gasteiger partial charge in [0.15, 0.2) is 17.6 Å². The molecule has 0 bridgehead atoms. The van der Waals surface area contributed by atoms with Crippen LogP contribution < -0.4 is 20.5 Å². The molecule has 7 nitrogen and oxygen atoms in total. The highest BCUT2D eigenvalue weighted by Crippen LogP contribution is 2.27. The average molecular weight is 372 g/mol. The third-order valence-corrected chi connectivity index (χ3v) is 4.11. The summed E-state index contributed by atoms with van der Waals surface area (Å²) >= 11 is 0. The van der Waals surface area contributed by atoms with Crippen LogP contribution in [0.2, 0.25) is 0 Å². The van der Waals surface area contributed by atoms with E-state index in [-0.39, 0.29) is 12.1 Å². The number of hydrogen-bond acceptors (Lipinski definition) is 6. The summed E-state index contributed by atoms with van der Waals surface area (Å²) in [5.74, 6) is 0.124. The van der Waals surface area contributed by atoms with Gasteiger partial charge in [0.05, 0.1) is 19.8 Å². The summed E-state index contributed by atoms with van der Waals surface area (Å²) in [6.45, 7) is 3.56. The van der Waals surface area contributed by atoms with E-state index in [9.17, 15) is 9.59 Å². The van der Waals surface area contributed by atoms with E-state index >= 15 is 0 Å². The Kier molecular flexibility index (Phi) is 6.65. The zero-order valence-electron chi connectivity index (χ0n) is 15.9. The molecule has 0 saturated heterocycles. The predicted molar refractivity (Wildman–Crippen MR) is 102 cm³/mol. The molecule has 27 heavy (non-hydrogen) atoms. The number of aryl methyl sites for hydroxylation is 1. The van der Waals surface area contributed by atoms with Gasteiger partial charge in [0.1, 0.15) is 0 Å². The number of esters is 1. The molecular weight excluding hydrogens is 348 g/mol. The molecule has 0 radical (unpaired) electrons. The second-order valence-electron chi connectivity index (χ2n) is 5.99. The monoisotopic (exact) mass is 372 g/mol. The zero-order chi connectivity index (χ0) is 20.0. The minimum atomic E-state index is -0.961. The van der Waals surface area contributed by atoms with E-state index in [0.717, 1.165) is 11.1 Å². The van der Waals surface area contributed by atoms with Gasteiger partial charge < -0.3 is 25.3 Å². The number of nitrogens with two attached hydrogens (primary N) is 1. The average Bonchev–Trinajstić information content (AvgIpc) is 2.67. The topological polar surface area (TPSA) is 99.9 Å². The molecule has 1 amide bonds. The number of carbonyl (C=O) groups is 2. The zero-order valence-corrected chi connectivity index (χ0v) is 15.9. The van der Waals surface area contributed by atoms with Crippen molar-refractivity contribution in [3.8, 4) is 11.5 Å². The molecular formula is C20H24N2O5. The fourth-order valence-electron chi connectivity index (χ4n) is 2.46. The molecule has 0 fully saturated rings. The van der Waals surface area contributed by atoms with Crippen LogP contribution in [0, 0.1) is 6.92 Å². The number of ether oxygens (including phenoxy) is 3. The minimum absolute atomic E-state index is 0.245. The molecule has 0 spiro atoms. The van der Waals surface area contributed by atoms with Crippen molar-refractivity contribution in [2.75, 3.05) is 20.0 Å². The van der Waals surface area contributed by atoms with Crippen molar-refractivity contribution in [2.24, 2.45) is 0 Å². The van der Waals surface area contributed by atoms with Crippen LogP contribution in [0.15, 0.2) is 36.4 Å². The lowest BCUT2D eigenvalue weighted by Crippen LogP contribution is -2.35. The lowest BCUT2D eigenvalue weighted by atomic mass is 10.1.